The summed E-state index contributed by atoms with van der Waals surface area (Å²) in [5, 5.41) is 8.90. The number of nitriles is 1. The van der Waals surface area contributed by atoms with Gasteiger partial charge in [-0.05, 0) is 30.6 Å². The summed E-state index contributed by atoms with van der Waals surface area (Å²) in [4.78, 5) is 0. The van der Waals surface area contributed by atoms with Gasteiger partial charge in [0.05, 0.1) is 12.0 Å². The molecular weight excluding hydrogens is 134 g/mol. The monoisotopic (exact) mass is 147 g/mol. The highest BCUT2D eigenvalue weighted by molar-refractivity contribution is 5.13. The van der Waals surface area contributed by atoms with E-state index in [0.717, 1.165) is 0 Å². The standard InChI is InChI=1S/C10H13N/c1-7-8-2-4-9(5-3-8)10(7)6-11/h2,4,7-10H,3,5H2,1H3/t7-,8+,9-,10-/m1/s1. The molecule has 0 saturated heterocycles. The molecule has 0 spiro atoms. The van der Waals surface area contributed by atoms with Crippen LogP contribution in [0.5, 0.6) is 0 Å². The molecular formula is C10H13N. The molecule has 0 N–H and O–H groups in total. The largest absolute Gasteiger partial charge is 0.198 e. The van der Waals surface area contributed by atoms with Crippen LogP contribution < -0.4 is 0 Å². The van der Waals surface area contributed by atoms with E-state index in [1.807, 2.05) is 0 Å². The van der Waals surface area contributed by atoms with Crippen LogP contribution in [0.2, 0.25) is 0 Å². The van der Waals surface area contributed by atoms with Gasteiger partial charge < -0.3 is 0 Å². The molecule has 3 aliphatic rings. The SMILES string of the molecule is C[C@H]1[C@@H](C#N)[C@@H]2C=C[C@H]1CC2. The van der Waals surface area contributed by atoms with Crippen molar-refractivity contribution in [1.29, 1.82) is 5.26 Å². The Morgan fingerprint density at radius 1 is 1.27 bits per heavy atom. The maximum absolute atomic E-state index is 8.90. The molecule has 0 aromatic rings. The van der Waals surface area contributed by atoms with E-state index >= 15 is 0 Å². The molecule has 1 heteroatoms. The van der Waals surface area contributed by atoms with E-state index in [1.165, 1.54) is 12.8 Å². The Balaban J connectivity index is 2.28. The van der Waals surface area contributed by atoms with E-state index in [4.69, 9.17) is 5.26 Å². The second kappa shape index (κ2) is 2.37. The summed E-state index contributed by atoms with van der Waals surface area (Å²) < 4.78 is 0. The smallest absolute Gasteiger partial charge is 0.0665 e. The van der Waals surface area contributed by atoms with Gasteiger partial charge in [-0.1, -0.05) is 19.1 Å². The van der Waals surface area contributed by atoms with E-state index in [2.05, 4.69) is 25.1 Å². The fourth-order valence-electron chi connectivity index (χ4n) is 2.47. The third-order valence-electron chi connectivity index (χ3n) is 3.29. The van der Waals surface area contributed by atoms with Gasteiger partial charge in [0.1, 0.15) is 0 Å². The Bertz CT molecular complexity index is 224. The first-order valence-electron chi connectivity index (χ1n) is 4.41. The molecule has 4 atom stereocenters. The minimum Gasteiger partial charge on any atom is -0.198 e. The highest BCUT2D eigenvalue weighted by Gasteiger charge is 2.37. The zero-order valence-corrected chi connectivity index (χ0v) is 6.83. The van der Waals surface area contributed by atoms with Gasteiger partial charge in [0.25, 0.3) is 0 Å². The second-order valence-electron chi connectivity index (χ2n) is 3.80. The molecule has 58 valence electrons. The van der Waals surface area contributed by atoms with E-state index in [-0.39, 0.29) is 0 Å². The molecule has 0 amide bonds. The first-order chi connectivity index (χ1) is 5.33. The van der Waals surface area contributed by atoms with Crippen LogP contribution in [0.1, 0.15) is 19.8 Å². The van der Waals surface area contributed by atoms with Crippen LogP contribution in [0.15, 0.2) is 12.2 Å². The normalized spacial score (nSPS) is 47.3. The second-order valence-corrected chi connectivity index (χ2v) is 3.80. The minimum atomic E-state index is 0.304. The number of hydrogen-bond acceptors (Lipinski definition) is 1. The van der Waals surface area contributed by atoms with Crippen LogP contribution in [-0.4, -0.2) is 0 Å². The van der Waals surface area contributed by atoms with Gasteiger partial charge in [0.15, 0.2) is 0 Å². The summed E-state index contributed by atoms with van der Waals surface area (Å²) in [5.41, 5.74) is 0. The molecule has 0 heterocycles. The van der Waals surface area contributed by atoms with Gasteiger partial charge >= 0.3 is 0 Å². The van der Waals surface area contributed by atoms with Gasteiger partial charge in [-0.25, -0.2) is 0 Å². The summed E-state index contributed by atoms with van der Waals surface area (Å²) in [6.07, 6.45) is 7.11. The molecule has 11 heavy (non-hydrogen) atoms. The molecule has 3 aliphatic carbocycles. The summed E-state index contributed by atoms with van der Waals surface area (Å²) in [7, 11) is 0. The topological polar surface area (TPSA) is 23.8 Å². The molecule has 3 rings (SSSR count). The quantitative estimate of drug-likeness (QED) is 0.482. The number of rotatable bonds is 0. The van der Waals surface area contributed by atoms with Crippen molar-refractivity contribution >= 4 is 0 Å². The maximum atomic E-state index is 8.90. The minimum absolute atomic E-state index is 0.304. The third-order valence-corrected chi connectivity index (χ3v) is 3.29. The predicted molar refractivity (Wildman–Crippen MR) is 43.6 cm³/mol. The Labute approximate surface area is 67.7 Å². The fourth-order valence-corrected chi connectivity index (χ4v) is 2.47. The van der Waals surface area contributed by atoms with E-state index in [1.54, 1.807) is 0 Å². The highest BCUT2D eigenvalue weighted by atomic mass is 14.4. The summed E-state index contributed by atoms with van der Waals surface area (Å²) in [6.45, 7) is 2.22. The summed E-state index contributed by atoms with van der Waals surface area (Å²) in [5.74, 6) is 2.17. The molecule has 2 bridgehead atoms. The molecule has 0 radical (unpaired) electrons. The average Bonchev–Trinajstić information content (AvgIpc) is 2.06. The summed E-state index contributed by atoms with van der Waals surface area (Å²) in [6, 6.07) is 2.43. The van der Waals surface area contributed by atoms with Crippen LogP contribution >= 0.6 is 0 Å². The lowest BCUT2D eigenvalue weighted by atomic mass is 9.63. The lowest BCUT2D eigenvalue weighted by Crippen LogP contribution is -2.34. The Morgan fingerprint density at radius 2 is 1.91 bits per heavy atom. The first kappa shape index (κ1) is 6.91. The van der Waals surface area contributed by atoms with Crippen LogP contribution in [0.25, 0.3) is 0 Å². The number of allylic oxidation sites excluding steroid dienone is 2. The van der Waals surface area contributed by atoms with Gasteiger partial charge in [-0.2, -0.15) is 5.26 Å². The van der Waals surface area contributed by atoms with Crippen molar-refractivity contribution in [3.63, 3.8) is 0 Å². The van der Waals surface area contributed by atoms with Crippen LogP contribution in [0.3, 0.4) is 0 Å². The van der Waals surface area contributed by atoms with Crippen molar-refractivity contribution in [2.45, 2.75) is 19.8 Å². The zero-order chi connectivity index (χ0) is 7.84. The molecule has 0 unspecified atom stereocenters. The van der Waals surface area contributed by atoms with Crippen molar-refractivity contribution in [3.8, 4) is 6.07 Å². The lowest BCUT2D eigenvalue weighted by molar-refractivity contribution is 0.180. The van der Waals surface area contributed by atoms with Crippen molar-refractivity contribution in [3.05, 3.63) is 12.2 Å². The van der Waals surface area contributed by atoms with Crippen molar-refractivity contribution in [1.82, 2.24) is 0 Å². The van der Waals surface area contributed by atoms with Gasteiger partial charge in [0, 0.05) is 0 Å². The molecule has 1 nitrogen and oxygen atoms in total. The number of nitrogens with zero attached hydrogens (tertiary/aromatic N) is 1. The van der Waals surface area contributed by atoms with Gasteiger partial charge in [-0.3, -0.25) is 0 Å². The highest BCUT2D eigenvalue weighted by Crippen LogP contribution is 2.43. The predicted octanol–water partition coefficient (Wildman–Crippen LogP) is 2.36. The number of fused-ring (bicyclic) bond motifs is 2. The molecule has 0 aromatic heterocycles. The Hall–Kier alpha value is -0.770. The maximum Gasteiger partial charge on any atom is 0.0665 e. The van der Waals surface area contributed by atoms with Crippen LogP contribution in [-0.2, 0) is 0 Å². The van der Waals surface area contributed by atoms with Crippen molar-refractivity contribution in [2.24, 2.45) is 23.7 Å². The summed E-state index contributed by atoms with van der Waals surface area (Å²) >= 11 is 0. The van der Waals surface area contributed by atoms with Crippen LogP contribution in [0, 0.1) is 35.0 Å². The molecule has 1 fully saturated rings. The average molecular weight is 147 g/mol. The fraction of sp³-hybridized carbons (Fsp3) is 0.700. The lowest BCUT2D eigenvalue weighted by Gasteiger charge is -2.39. The van der Waals surface area contributed by atoms with Crippen molar-refractivity contribution < 1.29 is 0 Å². The number of hydrogen-bond donors (Lipinski definition) is 0. The van der Waals surface area contributed by atoms with Gasteiger partial charge in [-0.15, -0.1) is 0 Å². The van der Waals surface area contributed by atoms with E-state index < -0.39 is 0 Å². The zero-order valence-electron chi connectivity index (χ0n) is 6.83. The Kier molecular flexibility index (Phi) is 1.49. The molecule has 1 saturated carbocycles. The third kappa shape index (κ3) is 0.894. The van der Waals surface area contributed by atoms with Crippen molar-refractivity contribution in [2.75, 3.05) is 0 Å². The van der Waals surface area contributed by atoms with Gasteiger partial charge in [0.2, 0.25) is 0 Å². The van der Waals surface area contributed by atoms with E-state index in [0.29, 0.717) is 23.7 Å². The molecule has 0 aliphatic heterocycles. The molecule has 0 aromatic carbocycles. The first-order valence-corrected chi connectivity index (χ1v) is 4.41. The Morgan fingerprint density at radius 3 is 2.27 bits per heavy atom. The van der Waals surface area contributed by atoms with E-state index in [9.17, 15) is 0 Å². The van der Waals surface area contributed by atoms with Crippen LogP contribution in [0.4, 0.5) is 0 Å².